The summed E-state index contributed by atoms with van der Waals surface area (Å²) in [6, 6.07) is 15.7. The molecule has 1 aromatic heterocycles. The Balaban J connectivity index is 1.74. The van der Waals surface area contributed by atoms with Gasteiger partial charge in [0, 0.05) is 36.3 Å². The number of carbonyl (C=O) groups excluding carboxylic acids is 1. The molecule has 0 bridgehead atoms. The highest BCUT2D eigenvalue weighted by Gasteiger charge is 2.20. The molecule has 1 N–H and O–H groups in total. The summed E-state index contributed by atoms with van der Waals surface area (Å²) in [5.74, 6) is 1.02. The monoisotopic (exact) mass is 394 g/mol. The minimum absolute atomic E-state index is 0.0531. The molecule has 0 fully saturated rings. The molecule has 1 heterocycles. The molecule has 28 heavy (non-hydrogen) atoms. The Labute approximate surface area is 170 Å². The lowest BCUT2D eigenvalue weighted by molar-refractivity contribution is -0.113. The largest absolute Gasteiger partial charge is 0.378 e. The summed E-state index contributed by atoms with van der Waals surface area (Å²) < 4.78 is 0. The SMILES string of the molecule is CN(C)c1ccc(NC(=O)CSc2nc(C(C)(C)C)nc3ccccc23)cc1. The predicted octanol–water partition coefficient (Wildman–Crippen LogP) is 4.72. The van der Waals surface area contributed by atoms with Gasteiger partial charge in [-0.15, -0.1) is 0 Å². The van der Waals surface area contributed by atoms with Crippen molar-refractivity contribution in [2.24, 2.45) is 0 Å². The van der Waals surface area contributed by atoms with Crippen LogP contribution in [0, 0.1) is 0 Å². The smallest absolute Gasteiger partial charge is 0.234 e. The fraction of sp³-hybridized carbons (Fsp3) is 0.318. The van der Waals surface area contributed by atoms with Crippen molar-refractivity contribution in [2.75, 3.05) is 30.1 Å². The number of benzene rings is 2. The second kappa shape index (κ2) is 8.19. The number of rotatable bonds is 5. The fourth-order valence-electron chi connectivity index (χ4n) is 2.67. The van der Waals surface area contributed by atoms with Crippen LogP contribution in [0.4, 0.5) is 11.4 Å². The van der Waals surface area contributed by atoms with Crippen molar-refractivity contribution in [1.82, 2.24) is 9.97 Å². The van der Waals surface area contributed by atoms with Crippen molar-refractivity contribution in [3.63, 3.8) is 0 Å². The topological polar surface area (TPSA) is 58.1 Å². The molecule has 3 aromatic rings. The molecule has 5 nitrogen and oxygen atoms in total. The second-order valence-electron chi connectivity index (χ2n) is 7.90. The van der Waals surface area contributed by atoms with Gasteiger partial charge in [-0.1, -0.05) is 50.7 Å². The van der Waals surface area contributed by atoms with Crippen molar-refractivity contribution in [2.45, 2.75) is 31.2 Å². The second-order valence-corrected chi connectivity index (χ2v) is 8.86. The maximum absolute atomic E-state index is 12.4. The predicted molar refractivity (Wildman–Crippen MR) is 118 cm³/mol. The minimum atomic E-state index is -0.157. The molecular weight excluding hydrogens is 368 g/mol. The number of anilines is 2. The van der Waals surface area contributed by atoms with Crippen LogP contribution in [0.1, 0.15) is 26.6 Å². The van der Waals surface area contributed by atoms with Gasteiger partial charge in [0.05, 0.1) is 11.3 Å². The van der Waals surface area contributed by atoms with Gasteiger partial charge in [-0.25, -0.2) is 9.97 Å². The van der Waals surface area contributed by atoms with E-state index in [4.69, 9.17) is 9.97 Å². The van der Waals surface area contributed by atoms with Crippen LogP contribution in [0.15, 0.2) is 53.6 Å². The Bertz CT molecular complexity index is 978. The maximum Gasteiger partial charge on any atom is 0.234 e. The van der Waals surface area contributed by atoms with Gasteiger partial charge in [0.1, 0.15) is 10.9 Å². The molecule has 0 radical (unpaired) electrons. The first-order chi connectivity index (χ1) is 13.2. The van der Waals surface area contributed by atoms with Gasteiger partial charge in [0.15, 0.2) is 0 Å². The van der Waals surface area contributed by atoms with E-state index in [9.17, 15) is 4.79 Å². The molecule has 0 saturated heterocycles. The summed E-state index contributed by atoms with van der Waals surface area (Å²) >= 11 is 1.44. The zero-order valence-corrected chi connectivity index (χ0v) is 17.8. The van der Waals surface area contributed by atoms with E-state index in [1.165, 1.54) is 11.8 Å². The van der Waals surface area contributed by atoms with Crippen molar-refractivity contribution in [3.05, 3.63) is 54.4 Å². The summed E-state index contributed by atoms with van der Waals surface area (Å²) in [5, 5.41) is 4.77. The van der Waals surface area contributed by atoms with Crippen LogP contribution in [0.5, 0.6) is 0 Å². The maximum atomic E-state index is 12.4. The third-order valence-electron chi connectivity index (χ3n) is 4.25. The molecule has 0 unspecified atom stereocenters. The van der Waals surface area contributed by atoms with E-state index in [0.29, 0.717) is 5.75 Å². The van der Waals surface area contributed by atoms with Crippen LogP contribution in [0.2, 0.25) is 0 Å². The molecule has 6 heteroatoms. The number of para-hydroxylation sites is 1. The Hall–Kier alpha value is -2.60. The minimum Gasteiger partial charge on any atom is -0.378 e. The molecule has 1 amide bonds. The molecule has 0 atom stereocenters. The zero-order chi connectivity index (χ0) is 20.3. The number of amides is 1. The zero-order valence-electron chi connectivity index (χ0n) is 17.0. The van der Waals surface area contributed by atoms with Gasteiger partial charge >= 0.3 is 0 Å². The van der Waals surface area contributed by atoms with Crippen LogP contribution >= 0.6 is 11.8 Å². The molecule has 0 spiro atoms. The molecule has 0 aliphatic heterocycles. The quantitative estimate of drug-likeness (QED) is 0.501. The number of nitrogens with zero attached hydrogens (tertiary/aromatic N) is 3. The summed E-state index contributed by atoms with van der Waals surface area (Å²) in [5.41, 5.74) is 2.63. The molecule has 0 aliphatic carbocycles. The van der Waals surface area contributed by atoms with Crippen LogP contribution in [-0.2, 0) is 10.2 Å². The lowest BCUT2D eigenvalue weighted by Gasteiger charge is -2.18. The normalized spacial score (nSPS) is 11.5. The number of hydrogen-bond acceptors (Lipinski definition) is 5. The summed E-state index contributed by atoms with van der Waals surface area (Å²) in [7, 11) is 3.98. The lowest BCUT2D eigenvalue weighted by Crippen LogP contribution is -2.17. The summed E-state index contributed by atoms with van der Waals surface area (Å²) in [6.45, 7) is 6.28. The van der Waals surface area contributed by atoms with Gasteiger partial charge in [0.25, 0.3) is 0 Å². The summed E-state index contributed by atoms with van der Waals surface area (Å²) in [6.07, 6.45) is 0. The highest BCUT2D eigenvalue weighted by atomic mass is 32.2. The first-order valence-corrected chi connectivity index (χ1v) is 10.2. The van der Waals surface area contributed by atoms with E-state index in [2.05, 4.69) is 26.1 Å². The fourth-order valence-corrected chi connectivity index (χ4v) is 3.49. The molecule has 2 aromatic carbocycles. The van der Waals surface area contributed by atoms with Gasteiger partial charge in [0.2, 0.25) is 5.91 Å². The Morgan fingerprint density at radius 2 is 1.71 bits per heavy atom. The first kappa shape index (κ1) is 20.1. The molecular formula is C22H26N4OS. The van der Waals surface area contributed by atoms with Crippen LogP contribution in [-0.4, -0.2) is 35.7 Å². The van der Waals surface area contributed by atoms with Gasteiger partial charge < -0.3 is 10.2 Å². The van der Waals surface area contributed by atoms with Crippen LogP contribution in [0.3, 0.4) is 0 Å². The number of carbonyl (C=O) groups is 1. The average molecular weight is 395 g/mol. The molecule has 0 saturated carbocycles. The third-order valence-corrected chi connectivity index (χ3v) is 5.24. The van der Waals surface area contributed by atoms with Crippen molar-refractivity contribution >= 4 is 39.9 Å². The van der Waals surface area contributed by atoms with Crippen molar-refractivity contribution in [3.8, 4) is 0 Å². The van der Waals surface area contributed by atoms with E-state index in [1.54, 1.807) is 0 Å². The Morgan fingerprint density at radius 1 is 1.04 bits per heavy atom. The van der Waals surface area contributed by atoms with Crippen LogP contribution < -0.4 is 10.2 Å². The Morgan fingerprint density at radius 3 is 2.36 bits per heavy atom. The van der Waals surface area contributed by atoms with Gasteiger partial charge in [-0.3, -0.25) is 4.79 Å². The number of aromatic nitrogens is 2. The molecule has 0 aliphatic rings. The third kappa shape index (κ3) is 4.81. The number of nitrogens with one attached hydrogen (secondary N) is 1. The highest BCUT2D eigenvalue weighted by molar-refractivity contribution is 8.00. The highest BCUT2D eigenvalue weighted by Crippen LogP contribution is 2.29. The summed E-state index contributed by atoms with van der Waals surface area (Å²) in [4.78, 5) is 23.9. The standard InChI is InChI=1S/C22H26N4OS/c1-22(2,3)21-24-18-9-7-6-8-17(18)20(25-21)28-14-19(27)23-15-10-12-16(13-11-15)26(4)5/h6-13H,14H2,1-5H3,(H,23,27). The number of fused-ring (bicyclic) bond motifs is 1. The van der Waals surface area contributed by atoms with E-state index < -0.39 is 0 Å². The van der Waals surface area contributed by atoms with Crippen molar-refractivity contribution < 1.29 is 4.79 Å². The van der Waals surface area contributed by atoms with E-state index in [-0.39, 0.29) is 11.3 Å². The lowest BCUT2D eigenvalue weighted by atomic mass is 9.95. The van der Waals surface area contributed by atoms with E-state index in [1.807, 2.05) is 67.5 Å². The van der Waals surface area contributed by atoms with Gasteiger partial charge in [-0.05, 0) is 30.3 Å². The molecule has 3 rings (SSSR count). The van der Waals surface area contributed by atoms with E-state index in [0.717, 1.165) is 33.1 Å². The van der Waals surface area contributed by atoms with Crippen LogP contribution in [0.25, 0.3) is 10.9 Å². The molecule has 146 valence electrons. The Kier molecular flexibility index (Phi) is 5.89. The average Bonchev–Trinajstić information content (AvgIpc) is 2.65. The number of thioether (sulfide) groups is 1. The van der Waals surface area contributed by atoms with Crippen molar-refractivity contribution in [1.29, 1.82) is 0 Å². The number of hydrogen-bond donors (Lipinski definition) is 1. The van der Waals surface area contributed by atoms with E-state index >= 15 is 0 Å². The first-order valence-electron chi connectivity index (χ1n) is 9.21. The van der Waals surface area contributed by atoms with Gasteiger partial charge in [-0.2, -0.15) is 0 Å².